The zero-order chi connectivity index (χ0) is 20.2. The van der Waals surface area contributed by atoms with E-state index in [9.17, 15) is 9.90 Å². The molecule has 2 aromatic heterocycles. The van der Waals surface area contributed by atoms with E-state index in [1.165, 1.54) is 7.11 Å². The molecular formula is C22H24N4O3. The number of aliphatic hydroxyl groups excluding tert-OH is 1. The molecule has 0 unspecified atom stereocenters. The SMILES string of the molecule is COc1ncccc1NC(=O)c1cc2ccccc2nc1N[C@H]1CC[C@H](O)CC1. The number of anilines is 2. The number of carbonyl (C=O) groups is 1. The lowest BCUT2D eigenvalue weighted by atomic mass is 9.93. The van der Waals surface area contributed by atoms with Gasteiger partial charge in [-0.3, -0.25) is 4.79 Å². The average molecular weight is 392 g/mol. The number of hydrogen-bond donors (Lipinski definition) is 3. The molecule has 0 saturated heterocycles. The van der Waals surface area contributed by atoms with Gasteiger partial charge in [0.2, 0.25) is 5.88 Å². The van der Waals surface area contributed by atoms with E-state index in [2.05, 4.69) is 15.6 Å². The number of aliphatic hydroxyl groups is 1. The Bertz CT molecular complexity index is 1020. The number of amides is 1. The topological polar surface area (TPSA) is 96.4 Å². The van der Waals surface area contributed by atoms with E-state index in [0.29, 0.717) is 22.9 Å². The Hall–Kier alpha value is -3.19. The zero-order valence-corrected chi connectivity index (χ0v) is 16.3. The third-order valence-corrected chi connectivity index (χ3v) is 5.22. The summed E-state index contributed by atoms with van der Waals surface area (Å²) in [5.41, 5.74) is 1.78. The van der Waals surface area contributed by atoms with E-state index in [0.717, 1.165) is 36.6 Å². The second-order valence-corrected chi connectivity index (χ2v) is 7.24. The molecule has 1 saturated carbocycles. The number of nitrogens with zero attached hydrogens (tertiary/aromatic N) is 2. The zero-order valence-electron chi connectivity index (χ0n) is 16.3. The van der Waals surface area contributed by atoms with Crippen LogP contribution in [0.15, 0.2) is 48.7 Å². The van der Waals surface area contributed by atoms with Gasteiger partial charge in [-0.05, 0) is 49.9 Å². The highest BCUT2D eigenvalue weighted by Crippen LogP contribution is 2.27. The maximum Gasteiger partial charge on any atom is 0.259 e. The second-order valence-electron chi connectivity index (χ2n) is 7.24. The number of nitrogens with one attached hydrogen (secondary N) is 2. The third-order valence-electron chi connectivity index (χ3n) is 5.22. The molecule has 1 amide bonds. The number of pyridine rings is 2. The van der Waals surface area contributed by atoms with Gasteiger partial charge in [-0.1, -0.05) is 18.2 Å². The summed E-state index contributed by atoms with van der Waals surface area (Å²) < 4.78 is 5.23. The molecular weight excluding hydrogens is 368 g/mol. The quantitative estimate of drug-likeness (QED) is 0.614. The molecule has 0 atom stereocenters. The molecule has 1 fully saturated rings. The van der Waals surface area contributed by atoms with Gasteiger partial charge in [0.25, 0.3) is 5.91 Å². The van der Waals surface area contributed by atoms with Crippen molar-refractivity contribution in [2.45, 2.75) is 37.8 Å². The summed E-state index contributed by atoms with van der Waals surface area (Å²) in [5.74, 6) is 0.615. The first kappa shape index (κ1) is 19.1. The minimum Gasteiger partial charge on any atom is -0.480 e. The molecule has 0 bridgehead atoms. The van der Waals surface area contributed by atoms with Crippen molar-refractivity contribution in [2.75, 3.05) is 17.7 Å². The van der Waals surface area contributed by atoms with Crippen LogP contribution in [0.3, 0.4) is 0 Å². The second kappa shape index (κ2) is 8.45. The Balaban J connectivity index is 1.66. The molecule has 1 aliphatic rings. The van der Waals surface area contributed by atoms with Crippen LogP contribution in [0.2, 0.25) is 0 Å². The lowest BCUT2D eigenvalue weighted by Crippen LogP contribution is -2.29. The van der Waals surface area contributed by atoms with Crippen LogP contribution in [0.25, 0.3) is 10.9 Å². The van der Waals surface area contributed by atoms with Crippen molar-refractivity contribution in [3.8, 4) is 5.88 Å². The van der Waals surface area contributed by atoms with Crippen molar-refractivity contribution in [1.29, 1.82) is 0 Å². The summed E-state index contributed by atoms with van der Waals surface area (Å²) in [6.07, 6.45) is 4.55. The minimum absolute atomic E-state index is 0.173. The average Bonchev–Trinajstić information content (AvgIpc) is 2.75. The number of benzene rings is 1. The maximum atomic E-state index is 13.1. The molecule has 7 heteroatoms. The molecule has 1 aromatic carbocycles. The largest absolute Gasteiger partial charge is 0.480 e. The molecule has 7 nitrogen and oxygen atoms in total. The Labute approximate surface area is 169 Å². The van der Waals surface area contributed by atoms with E-state index in [4.69, 9.17) is 9.72 Å². The van der Waals surface area contributed by atoms with Crippen LogP contribution in [0.1, 0.15) is 36.0 Å². The number of hydrogen-bond acceptors (Lipinski definition) is 6. The molecule has 4 rings (SSSR count). The van der Waals surface area contributed by atoms with Crippen LogP contribution in [0, 0.1) is 0 Å². The van der Waals surface area contributed by atoms with Gasteiger partial charge in [0.15, 0.2) is 0 Å². The van der Waals surface area contributed by atoms with Crippen molar-refractivity contribution in [2.24, 2.45) is 0 Å². The fraction of sp³-hybridized carbons (Fsp3) is 0.318. The smallest absolute Gasteiger partial charge is 0.259 e. The standard InChI is InChI=1S/C22H24N4O3/c1-29-22-19(7-4-12-23-22)26-21(28)17-13-14-5-2-3-6-18(14)25-20(17)24-15-8-10-16(27)11-9-15/h2-7,12-13,15-16,27H,8-11H2,1H3,(H,24,25)(H,26,28)/t15-,16-. The summed E-state index contributed by atoms with van der Waals surface area (Å²) in [6, 6.07) is 13.2. The number of aromatic nitrogens is 2. The van der Waals surface area contributed by atoms with Gasteiger partial charge in [0, 0.05) is 17.6 Å². The first-order valence-electron chi connectivity index (χ1n) is 9.79. The molecule has 0 radical (unpaired) electrons. The summed E-state index contributed by atoms with van der Waals surface area (Å²) >= 11 is 0. The number of methoxy groups -OCH3 is 1. The predicted molar refractivity (Wildman–Crippen MR) is 112 cm³/mol. The number of rotatable bonds is 5. The first-order chi connectivity index (χ1) is 14.1. The highest BCUT2D eigenvalue weighted by molar-refractivity contribution is 6.09. The van der Waals surface area contributed by atoms with Gasteiger partial charge in [-0.2, -0.15) is 0 Å². The van der Waals surface area contributed by atoms with Crippen LogP contribution in [0.4, 0.5) is 11.5 Å². The van der Waals surface area contributed by atoms with Crippen LogP contribution >= 0.6 is 0 Å². The normalized spacial score (nSPS) is 19.0. The molecule has 3 N–H and O–H groups in total. The number of carbonyl (C=O) groups excluding carboxylic acids is 1. The van der Waals surface area contributed by atoms with Crippen LogP contribution in [-0.4, -0.2) is 40.2 Å². The van der Waals surface area contributed by atoms with Gasteiger partial charge in [-0.15, -0.1) is 0 Å². The van der Waals surface area contributed by atoms with Crippen LogP contribution in [-0.2, 0) is 0 Å². The number of fused-ring (bicyclic) bond motifs is 1. The van der Waals surface area contributed by atoms with Gasteiger partial charge in [0.05, 0.1) is 24.3 Å². The fourth-order valence-electron chi connectivity index (χ4n) is 3.65. The molecule has 3 aromatic rings. The Morgan fingerprint density at radius 2 is 1.93 bits per heavy atom. The molecule has 2 heterocycles. The highest BCUT2D eigenvalue weighted by Gasteiger charge is 2.23. The van der Waals surface area contributed by atoms with E-state index >= 15 is 0 Å². The summed E-state index contributed by atoms with van der Waals surface area (Å²) in [5, 5.41) is 17.0. The van der Waals surface area contributed by atoms with Gasteiger partial charge in [0.1, 0.15) is 11.5 Å². The molecule has 29 heavy (non-hydrogen) atoms. The van der Waals surface area contributed by atoms with E-state index in [1.54, 1.807) is 18.3 Å². The summed E-state index contributed by atoms with van der Waals surface area (Å²) in [6.45, 7) is 0. The minimum atomic E-state index is -0.284. The van der Waals surface area contributed by atoms with Crippen LogP contribution in [0.5, 0.6) is 5.88 Å². The molecule has 150 valence electrons. The third kappa shape index (κ3) is 4.30. The molecule has 0 spiro atoms. The lowest BCUT2D eigenvalue weighted by molar-refractivity contribution is 0.102. The highest BCUT2D eigenvalue weighted by atomic mass is 16.5. The van der Waals surface area contributed by atoms with Gasteiger partial charge in [-0.25, -0.2) is 9.97 Å². The van der Waals surface area contributed by atoms with Crippen LogP contribution < -0.4 is 15.4 Å². The van der Waals surface area contributed by atoms with Gasteiger partial charge < -0.3 is 20.5 Å². The Morgan fingerprint density at radius 3 is 2.72 bits per heavy atom. The van der Waals surface area contributed by atoms with Crippen molar-refractivity contribution in [3.05, 3.63) is 54.2 Å². The van der Waals surface area contributed by atoms with Crippen molar-refractivity contribution in [3.63, 3.8) is 0 Å². The van der Waals surface area contributed by atoms with Crippen molar-refractivity contribution < 1.29 is 14.6 Å². The number of para-hydroxylation sites is 1. The maximum absolute atomic E-state index is 13.1. The lowest BCUT2D eigenvalue weighted by Gasteiger charge is -2.27. The number of ether oxygens (including phenoxy) is 1. The summed E-state index contributed by atoms with van der Waals surface area (Å²) in [7, 11) is 1.51. The van der Waals surface area contributed by atoms with E-state index in [1.807, 2.05) is 30.3 Å². The van der Waals surface area contributed by atoms with Gasteiger partial charge >= 0.3 is 0 Å². The summed E-state index contributed by atoms with van der Waals surface area (Å²) in [4.78, 5) is 22.0. The first-order valence-corrected chi connectivity index (χ1v) is 9.79. The monoisotopic (exact) mass is 392 g/mol. The predicted octanol–water partition coefficient (Wildman–Crippen LogP) is 3.61. The van der Waals surface area contributed by atoms with E-state index < -0.39 is 0 Å². The van der Waals surface area contributed by atoms with Crippen molar-refractivity contribution >= 4 is 28.3 Å². The Kier molecular flexibility index (Phi) is 5.57. The molecule has 1 aliphatic carbocycles. The van der Waals surface area contributed by atoms with E-state index in [-0.39, 0.29) is 18.1 Å². The Morgan fingerprint density at radius 1 is 1.14 bits per heavy atom. The fourth-order valence-corrected chi connectivity index (χ4v) is 3.65. The molecule has 0 aliphatic heterocycles. The van der Waals surface area contributed by atoms with Crippen molar-refractivity contribution in [1.82, 2.24) is 9.97 Å².